The molecule has 1 unspecified atom stereocenters. The quantitative estimate of drug-likeness (QED) is 0.166. The average Bonchev–Trinajstić information content (AvgIpc) is 3.85. The van der Waals surface area contributed by atoms with Crippen LogP contribution in [0.25, 0.3) is 66.1 Å². The Morgan fingerprint density at radius 3 is 2.14 bits per heavy atom. The van der Waals surface area contributed by atoms with E-state index >= 15 is 0 Å². The highest BCUT2D eigenvalue weighted by atomic mass is 16.3. The highest BCUT2D eigenvalue weighted by molar-refractivity contribution is 6.15. The molecule has 0 radical (unpaired) electrons. The lowest BCUT2D eigenvalue weighted by molar-refractivity contribution is 0.643. The summed E-state index contributed by atoms with van der Waals surface area (Å²) in [5.41, 5.74) is 19.8. The van der Waals surface area contributed by atoms with Gasteiger partial charge in [0.1, 0.15) is 11.2 Å². The van der Waals surface area contributed by atoms with E-state index in [9.17, 15) is 0 Å². The zero-order chi connectivity index (χ0) is 43.5. The highest BCUT2D eigenvalue weighted by Gasteiger charge is 2.37. The van der Waals surface area contributed by atoms with Gasteiger partial charge in [0.05, 0.1) is 0 Å². The van der Waals surface area contributed by atoms with Crippen molar-refractivity contribution in [2.24, 2.45) is 5.92 Å². The number of hydrogen-bond acceptors (Lipinski definition) is 2. The van der Waals surface area contributed by atoms with E-state index in [1.807, 2.05) is 0 Å². The first-order valence-corrected chi connectivity index (χ1v) is 23.4. The molecular formula is C63H51NO. The van der Waals surface area contributed by atoms with Crippen LogP contribution in [0.15, 0.2) is 222 Å². The normalized spacial score (nSPS) is 19.0. The molecule has 1 aromatic heterocycles. The topological polar surface area (TPSA) is 16.4 Å². The molecule has 7 aromatic carbocycles. The highest BCUT2D eigenvalue weighted by Crippen LogP contribution is 2.52. The molecule has 0 spiro atoms. The Labute approximate surface area is 382 Å². The SMILES string of the molecule is CC1(C)c2ccccc2-c2cccc(-c3ccc(N(C4=C(c5ccc6oc7c8ccccc8ccc7c6c5)C=CCC4)c4ccc(C5=C6/C=C\C/C=C\C=C/CC6CC=C5)cc4)cc3)c21. The Morgan fingerprint density at radius 1 is 0.538 bits per heavy atom. The monoisotopic (exact) mass is 837 g/mol. The number of fused-ring (bicyclic) bond motifs is 9. The minimum absolute atomic E-state index is 0.0977. The number of nitrogens with zero attached hydrogens (tertiary/aromatic N) is 1. The number of hydrogen-bond donors (Lipinski definition) is 0. The Kier molecular flexibility index (Phi) is 9.64. The van der Waals surface area contributed by atoms with Crippen molar-refractivity contribution < 1.29 is 4.42 Å². The molecule has 0 saturated heterocycles. The van der Waals surface area contributed by atoms with Gasteiger partial charge in [-0.15, -0.1) is 0 Å². The third-order valence-electron chi connectivity index (χ3n) is 14.4. The molecule has 314 valence electrons. The van der Waals surface area contributed by atoms with Gasteiger partial charge in [-0.25, -0.2) is 0 Å². The Bertz CT molecular complexity index is 3410. The van der Waals surface area contributed by atoms with Crippen LogP contribution >= 0.6 is 0 Å². The van der Waals surface area contributed by atoms with Gasteiger partial charge in [-0.05, 0) is 142 Å². The van der Waals surface area contributed by atoms with Crippen molar-refractivity contribution in [1.82, 2.24) is 0 Å². The summed E-state index contributed by atoms with van der Waals surface area (Å²) in [6.45, 7) is 4.75. The van der Waals surface area contributed by atoms with E-state index < -0.39 is 0 Å². The number of anilines is 2. The minimum atomic E-state index is -0.0977. The van der Waals surface area contributed by atoms with Crippen molar-refractivity contribution in [3.8, 4) is 22.3 Å². The third-order valence-corrected chi connectivity index (χ3v) is 14.4. The number of benzene rings is 7. The molecule has 0 amide bonds. The molecule has 0 aliphatic heterocycles. The van der Waals surface area contributed by atoms with E-state index in [4.69, 9.17) is 4.42 Å². The maximum absolute atomic E-state index is 6.58. The molecule has 1 atom stereocenters. The lowest BCUT2D eigenvalue weighted by Crippen LogP contribution is -2.19. The molecule has 65 heavy (non-hydrogen) atoms. The minimum Gasteiger partial charge on any atom is -0.455 e. The number of allylic oxidation sites excluding steroid dienone is 14. The maximum atomic E-state index is 6.58. The summed E-state index contributed by atoms with van der Waals surface area (Å²) in [5, 5.41) is 4.63. The van der Waals surface area contributed by atoms with Gasteiger partial charge >= 0.3 is 0 Å². The van der Waals surface area contributed by atoms with Crippen LogP contribution in [-0.4, -0.2) is 0 Å². The molecule has 2 heteroatoms. The molecule has 0 bridgehead atoms. The van der Waals surface area contributed by atoms with Gasteiger partial charge in [-0.3, -0.25) is 0 Å². The molecule has 1 heterocycles. The van der Waals surface area contributed by atoms with Crippen LogP contribution in [0, 0.1) is 5.92 Å². The van der Waals surface area contributed by atoms with Crippen molar-refractivity contribution >= 4 is 55.2 Å². The van der Waals surface area contributed by atoms with E-state index in [2.05, 4.69) is 225 Å². The Hall–Kier alpha value is -7.42. The van der Waals surface area contributed by atoms with Crippen LogP contribution in [0.1, 0.15) is 68.2 Å². The second-order valence-electron chi connectivity index (χ2n) is 18.5. The fourth-order valence-corrected chi connectivity index (χ4v) is 11.2. The van der Waals surface area contributed by atoms with Crippen LogP contribution in [0.5, 0.6) is 0 Å². The largest absolute Gasteiger partial charge is 0.455 e. The summed E-state index contributed by atoms with van der Waals surface area (Å²) in [4.78, 5) is 2.52. The third kappa shape index (κ3) is 6.70. The number of furan rings is 1. The predicted octanol–water partition coefficient (Wildman–Crippen LogP) is 17.4. The van der Waals surface area contributed by atoms with Crippen molar-refractivity contribution in [3.05, 3.63) is 240 Å². The van der Waals surface area contributed by atoms with Crippen LogP contribution in [0.3, 0.4) is 0 Å². The van der Waals surface area contributed by atoms with Gasteiger partial charge in [-0.2, -0.15) is 0 Å². The van der Waals surface area contributed by atoms with Crippen molar-refractivity contribution in [2.45, 2.75) is 51.4 Å². The standard InChI is InChI=1S/C63H51NO/c1-63(2)58-27-13-11-23-54(58)55-26-16-25-52(61(55)63)45-31-37-48(38-32-45)64(47-35-29-44(30-36-47)50-24-15-19-42-17-7-5-3-4-6-8-20-49(42)50)59-28-14-12-21-51(59)46-34-40-60-57(41-46)56-39-33-43-18-9-10-22-53(43)62(56)65-60/h3-5,7-13,15-16,18,20-27,29-42H,6,14,17,19,28H2,1-2H3/b4-3-,7-5-,20-8-. The average molecular weight is 838 g/mol. The summed E-state index contributed by atoms with van der Waals surface area (Å²) in [6.07, 6.45) is 27.9. The predicted molar refractivity (Wildman–Crippen MR) is 275 cm³/mol. The maximum Gasteiger partial charge on any atom is 0.143 e. The molecule has 4 aliphatic carbocycles. The first-order valence-electron chi connectivity index (χ1n) is 23.4. The Morgan fingerprint density at radius 2 is 1.26 bits per heavy atom. The van der Waals surface area contributed by atoms with Crippen LogP contribution in [0.2, 0.25) is 0 Å². The Balaban J connectivity index is 0.992. The molecule has 12 rings (SSSR count). The van der Waals surface area contributed by atoms with Gasteiger partial charge in [0.2, 0.25) is 0 Å². The molecular weight excluding hydrogens is 787 g/mol. The summed E-state index contributed by atoms with van der Waals surface area (Å²) in [5.74, 6) is 0.472. The van der Waals surface area contributed by atoms with E-state index in [-0.39, 0.29) is 5.41 Å². The zero-order valence-corrected chi connectivity index (χ0v) is 37.1. The molecule has 4 aliphatic rings. The van der Waals surface area contributed by atoms with Gasteiger partial charge in [0.15, 0.2) is 0 Å². The lowest BCUT2D eigenvalue weighted by Gasteiger charge is -2.32. The van der Waals surface area contributed by atoms with Crippen LogP contribution in [-0.2, 0) is 5.41 Å². The van der Waals surface area contributed by atoms with Gasteiger partial charge in [-0.1, -0.05) is 178 Å². The van der Waals surface area contributed by atoms with Gasteiger partial charge in [0.25, 0.3) is 0 Å². The van der Waals surface area contributed by atoms with E-state index in [1.165, 1.54) is 72.3 Å². The molecule has 0 saturated carbocycles. The molecule has 0 fully saturated rings. The van der Waals surface area contributed by atoms with E-state index in [0.29, 0.717) is 5.92 Å². The first-order chi connectivity index (χ1) is 32.0. The van der Waals surface area contributed by atoms with Gasteiger partial charge in [0, 0.05) is 44.2 Å². The lowest BCUT2D eigenvalue weighted by atomic mass is 9.79. The zero-order valence-electron chi connectivity index (χ0n) is 37.1. The van der Waals surface area contributed by atoms with E-state index in [0.717, 1.165) is 70.8 Å². The molecule has 2 nitrogen and oxygen atoms in total. The van der Waals surface area contributed by atoms with Crippen molar-refractivity contribution in [2.75, 3.05) is 4.90 Å². The summed E-state index contributed by atoms with van der Waals surface area (Å²) >= 11 is 0. The van der Waals surface area contributed by atoms with Crippen molar-refractivity contribution in [3.63, 3.8) is 0 Å². The van der Waals surface area contributed by atoms with Crippen molar-refractivity contribution in [1.29, 1.82) is 0 Å². The molecule has 8 aromatic rings. The fourth-order valence-electron chi connectivity index (χ4n) is 11.2. The second kappa shape index (κ2) is 16.0. The summed E-state index contributed by atoms with van der Waals surface area (Å²) in [7, 11) is 0. The summed E-state index contributed by atoms with van der Waals surface area (Å²) < 4.78 is 6.58. The molecule has 0 N–H and O–H groups in total. The second-order valence-corrected chi connectivity index (χ2v) is 18.5. The smallest absolute Gasteiger partial charge is 0.143 e. The summed E-state index contributed by atoms with van der Waals surface area (Å²) in [6, 6.07) is 54.2. The van der Waals surface area contributed by atoms with Crippen LogP contribution < -0.4 is 4.90 Å². The first kappa shape index (κ1) is 39.2. The van der Waals surface area contributed by atoms with Crippen LogP contribution in [0.4, 0.5) is 11.4 Å². The number of rotatable bonds is 6. The fraction of sp³-hybridized carbons (Fsp3) is 0.143. The van der Waals surface area contributed by atoms with Gasteiger partial charge < -0.3 is 9.32 Å². The van der Waals surface area contributed by atoms with E-state index in [1.54, 1.807) is 0 Å².